The topological polar surface area (TPSA) is 112 Å². The van der Waals surface area contributed by atoms with E-state index in [1.165, 1.54) is 38.0 Å². The molecule has 3 N–H and O–H groups in total. The average Bonchev–Trinajstić information content (AvgIpc) is 2.48. The summed E-state index contributed by atoms with van der Waals surface area (Å²) in [6, 6.07) is 5.20. The molecule has 0 heterocycles. The highest BCUT2D eigenvalue weighted by atomic mass is 16.4. The quantitative estimate of drug-likeness (QED) is 0.733. The van der Waals surface area contributed by atoms with E-state index in [-0.39, 0.29) is 16.7 Å². The molecule has 0 fully saturated rings. The van der Waals surface area contributed by atoms with Crippen LogP contribution in [0.2, 0.25) is 0 Å². The fourth-order valence-corrected chi connectivity index (χ4v) is 0.785. The van der Waals surface area contributed by atoms with Gasteiger partial charge in [0.15, 0.2) is 0 Å². The molecule has 1 aromatic rings. The number of carbonyl (C=O) groups is 3. The Morgan fingerprint density at radius 2 is 1.27 bits per heavy atom. The van der Waals surface area contributed by atoms with Crippen molar-refractivity contribution in [1.82, 2.24) is 0 Å². The Morgan fingerprint density at radius 3 is 1.45 bits per heavy atom. The van der Waals surface area contributed by atoms with Gasteiger partial charge in [-0.1, -0.05) is 39.3 Å². The second-order valence-electron chi connectivity index (χ2n) is 4.28. The van der Waals surface area contributed by atoms with Crippen molar-refractivity contribution in [3.05, 3.63) is 47.5 Å². The Hall–Kier alpha value is -2.63. The lowest BCUT2D eigenvalue weighted by Crippen LogP contribution is -2.01. The maximum absolute atomic E-state index is 10.4. The average molecular weight is 310 g/mol. The van der Waals surface area contributed by atoms with Crippen LogP contribution in [0.3, 0.4) is 0 Å². The Morgan fingerprint density at radius 1 is 0.955 bits per heavy atom. The minimum absolute atomic E-state index is 0.0186. The minimum Gasteiger partial charge on any atom is -0.478 e. The number of hydrogen-bond donors (Lipinski definition) is 3. The zero-order valence-corrected chi connectivity index (χ0v) is 13.0. The van der Waals surface area contributed by atoms with Crippen molar-refractivity contribution in [3.63, 3.8) is 0 Å². The zero-order valence-electron chi connectivity index (χ0n) is 13.0. The van der Waals surface area contributed by atoms with Crippen LogP contribution in [0.1, 0.15) is 54.3 Å². The second-order valence-corrected chi connectivity index (χ2v) is 4.28. The van der Waals surface area contributed by atoms with Crippen LogP contribution in [0.5, 0.6) is 0 Å². The van der Waals surface area contributed by atoms with E-state index in [2.05, 4.69) is 20.4 Å². The molecular formula is C16H22O6. The first-order chi connectivity index (χ1) is 10.2. The summed E-state index contributed by atoms with van der Waals surface area (Å²) < 4.78 is 0. The molecule has 6 heteroatoms. The fraction of sp³-hybridized carbons (Fsp3) is 0.312. The summed E-state index contributed by atoms with van der Waals surface area (Å²) in [5.41, 5.74) is 0.139. The van der Waals surface area contributed by atoms with Gasteiger partial charge in [-0.05, 0) is 25.1 Å². The third-order valence-corrected chi connectivity index (χ3v) is 2.22. The summed E-state index contributed by atoms with van der Waals surface area (Å²) in [6.45, 7) is 8.96. The van der Waals surface area contributed by atoms with Crippen molar-refractivity contribution in [1.29, 1.82) is 0 Å². The molecule has 0 amide bonds. The van der Waals surface area contributed by atoms with Crippen molar-refractivity contribution in [2.45, 2.75) is 33.6 Å². The molecule has 0 aliphatic rings. The number of benzene rings is 1. The highest BCUT2D eigenvalue weighted by molar-refractivity contribution is 5.93. The van der Waals surface area contributed by atoms with Crippen LogP contribution >= 0.6 is 0 Å². The molecule has 22 heavy (non-hydrogen) atoms. The van der Waals surface area contributed by atoms with E-state index >= 15 is 0 Å². The molecule has 0 bridgehead atoms. The Bertz CT molecular complexity index is 476. The van der Waals surface area contributed by atoms with Gasteiger partial charge in [0.2, 0.25) is 0 Å². The molecule has 0 saturated carbocycles. The number of unbranched alkanes of at least 4 members (excludes halogenated alkanes) is 1. The fourth-order valence-electron chi connectivity index (χ4n) is 0.785. The number of carboxylic acid groups (broad SMARTS) is 3. The Kier molecular flexibility index (Phi) is 12.0. The summed E-state index contributed by atoms with van der Waals surface area (Å²) in [4.78, 5) is 30.4. The van der Waals surface area contributed by atoms with Gasteiger partial charge in [-0.25, -0.2) is 14.4 Å². The van der Waals surface area contributed by atoms with Crippen molar-refractivity contribution in [3.8, 4) is 0 Å². The largest absolute Gasteiger partial charge is 0.478 e. The molecule has 0 aromatic heterocycles. The summed E-state index contributed by atoms with van der Waals surface area (Å²) >= 11 is 0. The van der Waals surface area contributed by atoms with Gasteiger partial charge in [0.1, 0.15) is 0 Å². The lowest BCUT2D eigenvalue weighted by Gasteiger charge is -1.95. The van der Waals surface area contributed by atoms with Crippen molar-refractivity contribution in [2.75, 3.05) is 0 Å². The first-order valence-corrected chi connectivity index (χ1v) is 6.62. The van der Waals surface area contributed by atoms with E-state index in [4.69, 9.17) is 15.3 Å². The SMILES string of the molecule is C=C(C)C(=O)O.CCCC.O=C(O)c1cccc(C(=O)O)c1. The van der Waals surface area contributed by atoms with E-state index in [0.29, 0.717) is 0 Å². The molecular weight excluding hydrogens is 288 g/mol. The van der Waals surface area contributed by atoms with Gasteiger partial charge >= 0.3 is 17.9 Å². The van der Waals surface area contributed by atoms with Crippen LogP contribution in [0.15, 0.2) is 36.4 Å². The first-order valence-electron chi connectivity index (χ1n) is 6.62. The van der Waals surface area contributed by atoms with Gasteiger partial charge in [-0.3, -0.25) is 0 Å². The maximum atomic E-state index is 10.4. The lowest BCUT2D eigenvalue weighted by molar-refractivity contribution is -0.132. The Balaban J connectivity index is 0. The van der Waals surface area contributed by atoms with Crippen molar-refractivity contribution < 1.29 is 29.7 Å². The van der Waals surface area contributed by atoms with E-state index in [1.807, 2.05) is 0 Å². The van der Waals surface area contributed by atoms with Crippen LogP contribution < -0.4 is 0 Å². The molecule has 6 nitrogen and oxygen atoms in total. The molecule has 0 saturated heterocycles. The smallest absolute Gasteiger partial charge is 0.335 e. The van der Waals surface area contributed by atoms with Gasteiger partial charge in [-0.15, -0.1) is 0 Å². The van der Waals surface area contributed by atoms with Crippen molar-refractivity contribution in [2.24, 2.45) is 0 Å². The second kappa shape index (κ2) is 12.1. The van der Waals surface area contributed by atoms with Gasteiger partial charge in [0.25, 0.3) is 0 Å². The molecule has 0 aliphatic carbocycles. The van der Waals surface area contributed by atoms with Crippen LogP contribution in [0.4, 0.5) is 0 Å². The number of rotatable bonds is 4. The predicted octanol–water partition coefficient (Wildman–Crippen LogP) is 3.54. The summed E-state index contributed by atoms with van der Waals surface area (Å²) in [5.74, 6) is -3.19. The monoisotopic (exact) mass is 310 g/mol. The third-order valence-electron chi connectivity index (χ3n) is 2.22. The van der Waals surface area contributed by atoms with Gasteiger partial charge < -0.3 is 15.3 Å². The molecule has 0 atom stereocenters. The number of aromatic carboxylic acids is 2. The summed E-state index contributed by atoms with van der Waals surface area (Å²) in [6.07, 6.45) is 2.64. The van der Waals surface area contributed by atoms with Gasteiger partial charge in [-0.2, -0.15) is 0 Å². The molecule has 0 spiro atoms. The molecule has 0 unspecified atom stereocenters. The predicted molar refractivity (Wildman–Crippen MR) is 83.4 cm³/mol. The van der Waals surface area contributed by atoms with Crippen molar-refractivity contribution >= 4 is 17.9 Å². The lowest BCUT2D eigenvalue weighted by atomic mass is 10.1. The van der Waals surface area contributed by atoms with Gasteiger partial charge in [0, 0.05) is 5.57 Å². The third kappa shape index (κ3) is 11.2. The normalized spacial score (nSPS) is 8.50. The van der Waals surface area contributed by atoms with Crippen LogP contribution in [-0.2, 0) is 4.79 Å². The minimum atomic E-state index is -1.13. The van der Waals surface area contributed by atoms with Crippen LogP contribution in [0.25, 0.3) is 0 Å². The van der Waals surface area contributed by atoms with Gasteiger partial charge in [0.05, 0.1) is 11.1 Å². The summed E-state index contributed by atoms with van der Waals surface area (Å²) in [5, 5.41) is 24.9. The maximum Gasteiger partial charge on any atom is 0.335 e. The highest BCUT2D eigenvalue weighted by Crippen LogP contribution is 2.04. The van der Waals surface area contributed by atoms with Crippen LogP contribution in [-0.4, -0.2) is 33.2 Å². The molecule has 1 rings (SSSR count). The van der Waals surface area contributed by atoms with E-state index < -0.39 is 17.9 Å². The molecule has 1 aromatic carbocycles. The zero-order chi connectivity index (χ0) is 17.7. The number of aliphatic carboxylic acids is 1. The Labute approximate surface area is 129 Å². The van der Waals surface area contributed by atoms with E-state index in [0.717, 1.165) is 6.07 Å². The van der Waals surface area contributed by atoms with E-state index in [9.17, 15) is 14.4 Å². The molecule has 122 valence electrons. The molecule has 0 radical (unpaired) electrons. The summed E-state index contributed by atoms with van der Waals surface area (Å²) in [7, 11) is 0. The first kappa shape index (κ1) is 21.7. The highest BCUT2D eigenvalue weighted by Gasteiger charge is 2.06. The number of carboxylic acids is 3. The molecule has 0 aliphatic heterocycles. The van der Waals surface area contributed by atoms with Crippen LogP contribution in [0, 0.1) is 0 Å². The van der Waals surface area contributed by atoms with E-state index in [1.54, 1.807) is 0 Å². The standard InChI is InChI=1S/C8H6O4.C4H6O2.C4H10/c9-7(10)5-2-1-3-6(4-5)8(11)12;1-3(2)4(5)6;1-3-4-2/h1-4H,(H,9,10)(H,11,12);1H2,2H3,(H,5,6);3-4H2,1-2H3. The number of hydrogen-bond acceptors (Lipinski definition) is 3.